The lowest BCUT2D eigenvalue weighted by Gasteiger charge is -2.51. The zero-order valence-electron chi connectivity index (χ0n) is 12.5. The van der Waals surface area contributed by atoms with Crippen LogP contribution >= 0.6 is 0 Å². The van der Waals surface area contributed by atoms with Crippen molar-refractivity contribution in [3.05, 3.63) is 0 Å². The van der Waals surface area contributed by atoms with Crippen LogP contribution in [0.3, 0.4) is 0 Å². The molecule has 104 valence electrons. The lowest BCUT2D eigenvalue weighted by molar-refractivity contribution is -0.150. The number of hydrogen-bond donors (Lipinski definition) is 1. The van der Waals surface area contributed by atoms with Crippen molar-refractivity contribution in [1.29, 1.82) is 0 Å². The summed E-state index contributed by atoms with van der Waals surface area (Å²) in [6, 6.07) is 0. The van der Waals surface area contributed by atoms with Gasteiger partial charge in [0.25, 0.3) is 0 Å². The molecular formula is C17H30O. The molecule has 0 radical (unpaired) electrons. The van der Waals surface area contributed by atoms with Crippen LogP contribution in [0.25, 0.3) is 0 Å². The van der Waals surface area contributed by atoms with Gasteiger partial charge in [-0.2, -0.15) is 0 Å². The van der Waals surface area contributed by atoms with Crippen molar-refractivity contribution < 1.29 is 5.11 Å². The third kappa shape index (κ3) is 1.55. The van der Waals surface area contributed by atoms with Crippen LogP contribution in [0.1, 0.15) is 78.6 Å². The molecule has 3 unspecified atom stereocenters. The lowest BCUT2D eigenvalue weighted by atomic mass is 9.58. The monoisotopic (exact) mass is 250 g/mol. The summed E-state index contributed by atoms with van der Waals surface area (Å²) < 4.78 is 0. The van der Waals surface area contributed by atoms with Gasteiger partial charge in [0.05, 0.1) is 5.60 Å². The third-order valence-electron chi connectivity index (χ3n) is 7.22. The number of hydrogen-bond acceptors (Lipinski definition) is 1. The van der Waals surface area contributed by atoms with E-state index in [0.717, 1.165) is 18.3 Å². The van der Waals surface area contributed by atoms with Crippen LogP contribution in [-0.4, -0.2) is 10.7 Å². The van der Waals surface area contributed by atoms with Gasteiger partial charge in [0.15, 0.2) is 0 Å². The molecule has 1 heteroatoms. The van der Waals surface area contributed by atoms with Gasteiger partial charge in [-0.1, -0.05) is 46.5 Å². The van der Waals surface area contributed by atoms with E-state index in [1.54, 1.807) is 0 Å². The first-order valence-corrected chi connectivity index (χ1v) is 8.11. The van der Waals surface area contributed by atoms with Crippen LogP contribution in [0.15, 0.2) is 0 Å². The molecule has 18 heavy (non-hydrogen) atoms. The summed E-state index contributed by atoms with van der Waals surface area (Å²) in [6.07, 6.45) is 11.9. The topological polar surface area (TPSA) is 20.2 Å². The van der Waals surface area contributed by atoms with E-state index in [1.807, 2.05) is 0 Å². The molecular weight excluding hydrogens is 220 g/mol. The first-order valence-electron chi connectivity index (χ1n) is 8.11. The number of fused-ring (bicyclic) bond motifs is 2. The van der Waals surface area contributed by atoms with E-state index in [1.165, 1.54) is 51.4 Å². The fourth-order valence-corrected chi connectivity index (χ4v) is 5.68. The van der Waals surface area contributed by atoms with E-state index in [-0.39, 0.29) is 10.8 Å². The molecule has 2 bridgehead atoms. The standard InChI is InChI=1S/C17H30O/c1-15(2)14-9-10-16(3,12-14)17(15,18)11-8-13-6-4-5-7-13/h13-14,18H,4-12H2,1-3H3. The summed E-state index contributed by atoms with van der Waals surface area (Å²) in [4.78, 5) is 0. The molecule has 0 saturated heterocycles. The van der Waals surface area contributed by atoms with Crippen molar-refractivity contribution in [2.75, 3.05) is 0 Å². The summed E-state index contributed by atoms with van der Waals surface area (Å²) in [5, 5.41) is 11.4. The average molecular weight is 250 g/mol. The minimum atomic E-state index is -0.397. The minimum absolute atomic E-state index is 0.138. The van der Waals surface area contributed by atoms with Crippen LogP contribution in [0.4, 0.5) is 0 Å². The lowest BCUT2D eigenvalue weighted by Crippen LogP contribution is -2.54. The molecule has 3 saturated carbocycles. The molecule has 0 aromatic carbocycles. The van der Waals surface area contributed by atoms with Crippen molar-refractivity contribution in [2.24, 2.45) is 22.7 Å². The van der Waals surface area contributed by atoms with Crippen molar-refractivity contribution in [2.45, 2.75) is 84.2 Å². The fraction of sp³-hybridized carbons (Fsp3) is 1.00. The molecule has 1 nitrogen and oxygen atoms in total. The molecule has 3 fully saturated rings. The summed E-state index contributed by atoms with van der Waals surface area (Å²) >= 11 is 0. The van der Waals surface area contributed by atoms with Gasteiger partial charge in [0.2, 0.25) is 0 Å². The Kier molecular flexibility index (Phi) is 2.86. The quantitative estimate of drug-likeness (QED) is 0.780. The van der Waals surface area contributed by atoms with Gasteiger partial charge in [0, 0.05) is 0 Å². The Morgan fingerprint density at radius 1 is 1.06 bits per heavy atom. The van der Waals surface area contributed by atoms with Gasteiger partial charge < -0.3 is 5.11 Å². The second-order valence-corrected chi connectivity index (χ2v) is 8.27. The molecule has 0 spiro atoms. The molecule has 0 amide bonds. The molecule has 3 rings (SSSR count). The van der Waals surface area contributed by atoms with Crippen molar-refractivity contribution >= 4 is 0 Å². The summed E-state index contributed by atoms with van der Waals surface area (Å²) in [5.41, 5.74) is -0.0517. The zero-order chi connectivity index (χ0) is 13.0. The first kappa shape index (κ1) is 13.0. The Morgan fingerprint density at radius 2 is 1.72 bits per heavy atom. The first-order chi connectivity index (χ1) is 8.39. The highest BCUT2D eigenvalue weighted by Crippen LogP contribution is 2.69. The maximum absolute atomic E-state index is 11.4. The largest absolute Gasteiger partial charge is 0.389 e. The third-order valence-corrected chi connectivity index (χ3v) is 7.22. The second kappa shape index (κ2) is 3.98. The summed E-state index contributed by atoms with van der Waals surface area (Å²) in [5.74, 6) is 1.67. The van der Waals surface area contributed by atoms with Crippen LogP contribution < -0.4 is 0 Å². The normalized spacial score (nSPS) is 47.0. The smallest absolute Gasteiger partial charge is 0.0754 e. The van der Waals surface area contributed by atoms with E-state index >= 15 is 0 Å². The zero-order valence-corrected chi connectivity index (χ0v) is 12.5. The van der Waals surface area contributed by atoms with Gasteiger partial charge in [0.1, 0.15) is 0 Å². The predicted octanol–water partition coefficient (Wildman–Crippen LogP) is 4.53. The number of aliphatic hydroxyl groups is 1. The van der Waals surface area contributed by atoms with Crippen LogP contribution in [-0.2, 0) is 0 Å². The Balaban J connectivity index is 1.75. The van der Waals surface area contributed by atoms with Gasteiger partial charge in [-0.3, -0.25) is 0 Å². The van der Waals surface area contributed by atoms with Gasteiger partial charge in [-0.15, -0.1) is 0 Å². The minimum Gasteiger partial charge on any atom is -0.389 e. The van der Waals surface area contributed by atoms with E-state index < -0.39 is 5.60 Å². The van der Waals surface area contributed by atoms with Crippen molar-refractivity contribution in [3.8, 4) is 0 Å². The highest BCUT2D eigenvalue weighted by molar-refractivity contribution is 5.17. The van der Waals surface area contributed by atoms with E-state index in [0.29, 0.717) is 0 Å². The highest BCUT2D eigenvalue weighted by Gasteiger charge is 2.67. The Hall–Kier alpha value is -0.0400. The highest BCUT2D eigenvalue weighted by atomic mass is 16.3. The fourth-order valence-electron chi connectivity index (χ4n) is 5.68. The molecule has 0 aliphatic heterocycles. The van der Waals surface area contributed by atoms with Crippen LogP contribution in [0.2, 0.25) is 0 Å². The molecule has 3 atom stereocenters. The Morgan fingerprint density at radius 3 is 2.28 bits per heavy atom. The molecule has 0 aromatic rings. The molecule has 0 heterocycles. The summed E-state index contributed by atoms with van der Waals surface area (Å²) in [6.45, 7) is 7.02. The van der Waals surface area contributed by atoms with E-state index in [2.05, 4.69) is 20.8 Å². The van der Waals surface area contributed by atoms with Gasteiger partial charge in [-0.25, -0.2) is 0 Å². The van der Waals surface area contributed by atoms with Crippen molar-refractivity contribution in [3.63, 3.8) is 0 Å². The van der Waals surface area contributed by atoms with Gasteiger partial charge >= 0.3 is 0 Å². The Bertz CT molecular complexity index is 322. The average Bonchev–Trinajstić information content (AvgIpc) is 2.97. The Labute approximate surface area is 112 Å². The van der Waals surface area contributed by atoms with Crippen LogP contribution in [0, 0.1) is 22.7 Å². The van der Waals surface area contributed by atoms with Gasteiger partial charge in [-0.05, 0) is 54.8 Å². The number of rotatable bonds is 3. The molecule has 1 N–H and O–H groups in total. The van der Waals surface area contributed by atoms with Crippen LogP contribution in [0.5, 0.6) is 0 Å². The summed E-state index contributed by atoms with van der Waals surface area (Å²) in [7, 11) is 0. The second-order valence-electron chi connectivity index (χ2n) is 8.27. The SMILES string of the molecule is CC12CCC(C1)C(C)(C)C2(O)CCC1CCCC1. The predicted molar refractivity (Wildman–Crippen MR) is 75.4 cm³/mol. The maximum Gasteiger partial charge on any atom is 0.0754 e. The molecule has 3 aliphatic carbocycles. The molecule has 3 aliphatic rings. The van der Waals surface area contributed by atoms with Crippen molar-refractivity contribution in [1.82, 2.24) is 0 Å². The van der Waals surface area contributed by atoms with E-state index in [9.17, 15) is 5.11 Å². The molecule has 0 aromatic heterocycles. The van der Waals surface area contributed by atoms with E-state index in [4.69, 9.17) is 0 Å². The maximum atomic E-state index is 11.4.